The van der Waals surface area contributed by atoms with E-state index in [9.17, 15) is 4.79 Å². The lowest BCUT2D eigenvalue weighted by molar-refractivity contribution is -0.122. The van der Waals surface area contributed by atoms with Crippen molar-refractivity contribution in [2.75, 3.05) is 6.54 Å². The number of rotatable bonds is 5. The van der Waals surface area contributed by atoms with Gasteiger partial charge in [-0.3, -0.25) is 9.69 Å². The topological polar surface area (TPSA) is 51.3 Å². The first-order valence-corrected chi connectivity index (χ1v) is 10.2. The van der Waals surface area contributed by atoms with E-state index in [1.54, 1.807) is 15.8 Å². The molecule has 1 aromatic carbocycles. The van der Waals surface area contributed by atoms with Gasteiger partial charge in [-0.05, 0) is 36.3 Å². The zero-order valence-corrected chi connectivity index (χ0v) is 17.2. The highest BCUT2D eigenvalue weighted by molar-refractivity contribution is 8.26. The molecule has 0 saturated carbocycles. The van der Waals surface area contributed by atoms with E-state index in [2.05, 4.69) is 18.9 Å². The maximum atomic E-state index is 12.8. The first kappa shape index (κ1) is 18.7. The van der Waals surface area contributed by atoms with Crippen LogP contribution in [0.1, 0.15) is 19.4 Å². The molecule has 142 valence electrons. The Balaban J connectivity index is 1.75. The molecule has 28 heavy (non-hydrogen) atoms. The fraction of sp³-hybridized carbons (Fsp3) is 0.190. The van der Waals surface area contributed by atoms with Gasteiger partial charge in [-0.1, -0.05) is 56.0 Å². The van der Waals surface area contributed by atoms with Gasteiger partial charge < -0.3 is 4.42 Å². The zero-order chi connectivity index (χ0) is 19.7. The van der Waals surface area contributed by atoms with Crippen molar-refractivity contribution in [1.29, 1.82) is 0 Å². The van der Waals surface area contributed by atoms with E-state index >= 15 is 0 Å². The lowest BCUT2D eigenvalue weighted by atomic mass is 10.2. The van der Waals surface area contributed by atoms with Gasteiger partial charge in [0.25, 0.3) is 5.91 Å². The fourth-order valence-corrected chi connectivity index (χ4v) is 4.24. The predicted octanol–water partition coefficient (Wildman–Crippen LogP) is 4.99. The number of para-hydroxylation sites is 1. The van der Waals surface area contributed by atoms with Crippen LogP contribution in [0.3, 0.4) is 0 Å². The summed E-state index contributed by atoms with van der Waals surface area (Å²) in [4.78, 5) is 15.1. The van der Waals surface area contributed by atoms with Crippen LogP contribution in [0.4, 0.5) is 0 Å². The molecule has 0 unspecified atom stereocenters. The van der Waals surface area contributed by atoms with Crippen molar-refractivity contribution in [2.45, 2.75) is 13.8 Å². The van der Waals surface area contributed by atoms with Crippen molar-refractivity contribution in [3.63, 3.8) is 0 Å². The molecule has 0 aliphatic carbocycles. The van der Waals surface area contributed by atoms with Crippen LogP contribution in [0, 0.1) is 5.92 Å². The number of hydrogen-bond donors (Lipinski definition) is 0. The van der Waals surface area contributed by atoms with Crippen LogP contribution in [0.2, 0.25) is 0 Å². The summed E-state index contributed by atoms with van der Waals surface area (Å²) in [7, 11) is 0. The minimum absolute atomic E-state index is 0.0541. The number of thiocarbonyl (C=S) groups is 1. The maximum Gasteiger partial charge on any atom is 0.266 e. The average Bonchev–Trinajstić information content (AvgIpc) is 3.39. The van der Waals surface area contributed by atoms with Crippen molar-refractivity contribution in [3.05, 3.63) is 65.4 Å². The van der Waals surface area contributed by atoms with Gasteiger partial charge >= 0.3 is 0 Å². The Morgan fingerprint density at radius 2 is 2.00 bits per heavy atom. The molecule has 1 aliphatic heterocycles. The van der Waals surface area contributed by atoms with Gasteiger partial charge in [0.2, 0.25) is 0 Å². The first-order valence-electron chi connectivity index (χ1n) is 8.97. The monoisotopic (exact) mass is 409 g/mol. The quantitative estimate of drug-likeness (QED) is 0.439. The molecule has 4 rings (SSSR count). The van der Waals surface area contributed by atoms with Crippen LogP contribution in [0.15, 0.2) is 64.2 Å². The van der Waals surface area contributed by atoms with Gasteiger partial charge in [0.15, 0.2) is 5.76 Å². The average molecular weight is 410 g/mol. The SMILES string of the molecule is CC(C)CN1C(=O)/C(=C/c2cn(-c3ccccc3)nc2-c2ccco2)SC1=S. The smallest absolute Gasteiger partial charge is 0.266 e. The first-order chi connectivity index (χ1) is 13.5. The highest BCUT2D eigenvalue weighted by Gasteiger charge is 2.32. The molecule has 3 heterocycles. The van der Waals surface area contributed by atoms with Gasteiger partial charge in [-0.25, -0.2) is 4.68 Å². The Kier molecular flexibility index (Phi) is 5.19. The number of amides is 1. The third kappa shape index (κ3) is 3.68. The van der Waals surface area contributed by atoms with Crippen LogP contribution in [-0.2, 0) is 4.79 Å². The lowest BCUT2D eigenvalue weighted by Gasteiger charge is -2.16. The second-order valence-corrected chi connectivity index (χ2v) is 8.55. The molecule has 3 aromatic rings. The third-order valence-corrected chi connectivity index (χ3v) is 5.60. The van der Waals surface area contributed by atoms with E-state index in [1.165, 1.54) is 11.8 Å². The molecule has 0 N–H and O–H groups in total. The number of nitrogens with zero attached hydrogens (tertiary/aromatic N) is 3. The summed E-state index contributed by atoms with van der Waals surface area (Å²) in [6.07, 6.45) is 5.37. The summed E-state index contributed by atoms with van der Waals surface area (Å²) in [5.41, 5.74) is 2.43. The summed E-state index contributed by atoms with van der Waals surface area (Å²) < 4.78 is 7.95. The van der Waals surface area contributed by atoms with Gasteiger partial charge in [0, 0.05) is 18.3 Å². The van der Waals surface area contributed by atoms with Crippen LogP contribution >= 0.6 is 24.0 Å². The number of aromatic nitrogens is 2. The second-order valence-electron chi connectivity index (χ2n) is 6.88. The minimum Gasteiger partial charge on any atom is -0.463 e. The minimum atomic E-state index is -0.0541. The van der Waals surface area contributed by atoms with Crippen molar-refractivity contribution in [1.82, 2.24) is 14.7 Å². The van der Waals surface area contributed by atoms with Gasteiger partial charge in [-0.15, -0.1) is 0 Å². The van der Waals surface area contributed by atoms with Crippen molar-refractivity contribution in [3.8, 4) is 17.1 Å². The zero-order valence-electron chi connectivity index (χ0n) is 15.5. The molecule has 0 bridgehead atoms. The molecule has 1 saturated heterocycles. The Labute approximate surface area is 173 Å². The van der Waals surface area contributed by atoms with Crippen LogP contribution < -0.4 is 0 Å². The molecule has 1 aliphatic rings. The van der Waals surface area contributed by atoms with E-state index in [-0.39, 0.29) is 5.91 Å². The Morgan fingerprint density at radius 3 is 2.68 bits per heavy atom. The van der Waals surface area contributed by atoms with E-state index in [0.29, 0.717) is 33.1 Å². The van der Waals surface area contributed by atoms with E-state index in [4.69, 9.17) is 16.6 Å². The highest BCUT2D eigenvalue weighted by atomic mass is 32.2. The van der Waals surface area contributed by atoms with Crippen molar-refractivity contribution < 1.29 is 9.21 Å². The van der Waals surface area contributed by atoms with Gasteiger partial charge in [0.1, 0.15) is 10.0 Å². The molecule has 0 radical (unpaired) electrons. The number of thioether (sulfide) groups is 1. The molecule has 1 amide bonds. The summed E-state index contributed by atoms with van der Waals surface area (Å²) in [6, 6.07) is 13.5. The van der Waals surface area contributed by atoms with Crippen molar-refractivity contribution in [2.24, 2.45) is 5.92 Å². The lowest BCUT2D eigenvalue weighted by Crippen LogP contribution is -2.31. The number of benzene rings is 1. The number of furan rings is 1. The predicted molar refractivity (Wildman–Crippen MR) is 116 cm³/mol. The molecule has 1 fully saturated rings. The normalized spacial score (nSPS) is 16.0. The maximum absolute atomic E-state index is 12.8. The molecule has 0 atom stereocenters. The van der Waals surface area contributed by atoms with Gasteiger partial charge in [0.05, 0.1) is 16.9 Å². The number of hydrogen-bond acceptors (Lipinski definition) is 5. The van der Waals surface area contributed by atoms with Gasteiger partial charge in [-0.2, -0.15) is 5.10 Å². The van der Waals surface area contributed by atoms with E-state index < -0.39 is 0 Å². The standard InChI is InChI=1S/C21H19N3O2S2/c1-14(2)12-23-20(25)18(28-21(23)27)11-15-13-24(16-7-4-3-5-8-16)22-19(15)17-9-6-10-26-17/h3-11,13-14H,12H2,1-2H3/b18-11-. The van der Waals surface area contributed by atoms with Crippen LogP contribution in [-0.4, -0.2) is 31.5 Å². The van der Waals surface area contributed by atoms with E-state index in [1.807, 2.05) is 54.7 Å². The van der Waals surface area contributed by atoms with Crippen molar-refractivity contribution >= 4 is 40.3 Å². The summed E-state index contributed by atoms with van der Waals surface area (Å²) >= 11 is 6.74. The fourth-order valence-electron chi connectivity index (χ4n) is 2.97. The number of carbonyl (C=O) groups excluding carboxylic acids is 1. The summed E-state index contributed by atoms with van der Waals surface area (Å²) in [5.74, 6) is 0.946. The molecule has 7 heteroatoms. The summed E-state index contributed by atoms with van der Waals surface area (Å²) in [5, 5.41) is 4.69. The Morgan fingerprint density at radius 1 is 1.21 bits per heavy atom. The highest BCUT2D eigenvalue weighted by Crippen LogP contribution is 2.35. The second kappa shape index (κ2) is 7.77. The van der Waals surface area contributed by atoms with Crippen LogP contribution in [0.25, 0.3) is 23.2 Å². The molecule has 2 aromatic heterocycles. The molecular formula is C21H19N3O2S2. The summed E-state index contributed by atoms with van der Waals surface area (Å²) in [6.45, 7) is 4.76. The molecule has 0 spiro atoms. The molecule has 5 nitrogen and oxygen atoms in total. The van der Waals surface area contributed by atoms with E-state index in [0.717, 1.165) is 11.3 Å². The largest absolute Gasteiger partial charge is 0.463 e. The molecular weight excluding hydrogens is 390 g/mol. The third-order valence-electron chi connectivity index (χ3n) is 4.23. The Hall–Kier alpha value is -2.64. The van der Waals surface area contributed by atoms with Crippen LogP contribution in [0.5, 0.6) is 0 Å². The number of carbonyl (C=O) groups is 1. The Bertz CT molecular complexity index is 1040.